The van der Waals surface area contributed by atoms with Crippen LogP contribution in [0.2, 0.25) is 5.02 Å². The molecule has 0 radical (unpaired) electrons. The van der Waals surface area contributed by atoms with Crippen molar-refractivity contribution in [1.29, 1.82) is 0 Å². The number of nitrogens with zero attached hydrogens (tertiary/aromatic N) is 1. The molecular formula is C17H21ClN2O. The molecule has 2 aromatic rings. The first-order chi connectivity index (χ1) is 10.1. The van der Waals surface area contributed by atoms with Crippen LogP contribution in [0.5, 0.6) is 11.6 Å². The van der Waals surface area contributed by atoms with Crippen molar-refractivity contribution in [1.82, 2.24) is 10.3 Å². The fourth-order valence-electron chi connectivity index (χ4n) is 1.94. The minimum absolute atomic E-state index is 0.616. The number of benzene rings is 1. The third-order valence-electron chi connectivity index (χ3n) is 3.06. The van der Waals surface area contributed by atoms with Crippen LogP contribution in [0, 0.1) is 12.8 Å². The number of ether oxygens (including phenoxy) is 1. The summed E-state index contributed by atoms with van der Waals surface area (Å²) in [7, 11) is 0. The van der Waals surface area contributed by atoms with Crippen molar-refractivity contribution in [2.24, 2.45) is 5.92 Å². The highest BCUT2D eigenvalue weighted by Gasteiger charge is 2.07. The average Bonchev–Trinajstić information content (AvgIpc) is 2.44. The highest BCUT2D eigenvalue weighted by molar-refractivity contribution is 6.31. The van der Waals surface area contributed by atoms with Crippen molar-refractivity contribution in [2.75, 3.05) is 6.54 Å². The molecule has 0 aliphatic rings. The Bertz CT molecular complexity index is 599. The van der Waals surface area contributed by atoms with E-state index in [0.717, 1.165) is 35.0 Å². The van der Waals surface area contributed by atoms with Crippen LogP contribution < -0.4 is 10.1 Å². The maximum absolute atomic E-state index is 6.03. The van der Waals surface area contributed by atoms with E-state index in [0.29, 0.717) is 11.8 Å². The van der Waals surface area contributed by atoms with Gasteiger partial charge in [0.25, 0.3) is 0 Å². The summed E-state index contributed by atoms with van der Waals surface area (Å²) in [6, 6.07) is 9.56. The van der Waals surface area contributed by atoms with Gasteiger partial charge >= 0.3 is 0 Å². The van der Waals surface area contributed by atoms with Gasteiger partial charge in [0.1, 0.15) is 5.75 Å². The lowest BCUT2D eigenvalue weighted by Crippen LogP contribution is -2.19. The molecule has 0 atom stereocenters. The van der Waals surface area contributed by atoms with Gasteiger partial charge in [-0.15, -0.1) is 0 Å². The molecule has 0 amide bonds. The summed E-state index contributed by atoms with van der Waals surface area (Å²) in [5, 5.41) is 4.14. The molecule has 0 bridgehead atoms. The van der Waals surface area contributed by atoms with E-state index in [-0.39, 0.29) is 0 Å². The maximum Gasteiger partial charge on any atom is 0.223 e. The Hall–Kier alpha value is -1.58. The first kappa shape index (κ1) is 15.8. The highest BCUT2D eigenvalue weighted by Crippen LogP contribution is 2.26. The minimum Gasteiger partial charge on any atom is -0.439 e. The van der Waals surface area contributed by atoms with Crippen molar-refractivity contribution < 1.29 is 4.74 Å². The summed E-state index contributed by atoms with van der Waals surface area (Å²) in [4.78, 5) is 4.33. The Balaban J connectivity index is 2.10. The summed E-state index contributed by atoms with van der Waals surface area (Å²) in [5.74, 6) is 2.00. The van der Waals surface area contributed by atoms with Crippen molar-refractivity contribution in [3.8, 4) is 11.6 Å². The van der Waals surface area contributed by atoms with Gasteiger partial charge in [-0.25, -0.2) is 4.98 Å². The van der Waals surface area contributed by atoms with Crippen LogP contribution in [-0.4, -0.2) is 11.5 Å². The Morgan fingerprint density at radius 2 is 2.10 bits per heavy atom. The van der Waals surface area contributed by atoms with Crippen LogP contribution in [0.25, 0.3) is 0 Å². The van der Waals surface area contributed by atoms with E-state index in [4.69, 9.17) is 16.3 Å². The molecule has 0 spiro atoms. The van der Waals surface area contributed by atoms with Crippen LogP contribution in [0.3, 0.4) is 0 Å². The van der Waals surface area contributed by atoms with Gasteiger partial charge in [-0.05, 0) is 49.2 Å². The zero-order valence-corrected chi connectivity index (χ0v) is 13.4. The van der Waals surface area contributed by atoms with Crippen molar-refractivity contribution in [3.05, 3.63) is 52.7 Å². The molecule has 0 fully saturated rings. The lowest BCUT2D eigenvalue weighted by molar-refractivity contribution is 0.450. The van der Waals surface area contributed by atoms with Gasteiger partial charge in [-0.2, -0.15) is 0 Å². The molecule has 1 aromatic heterocycles. The van der Waals surface area contributed by atoms with Gasteiger partial charge in [0.15, 0.2) is 0 Å². The summed E-state index contributed by atoms with van der Waals surface area (Å²) in [6.07, 6.45) is 1.74. The summed E-state index contributed by atoms with van der Waals surface area (Å²) in [6.45, 7) is 8.04. The second-order valence-corrected chi connectivity index (χ2v) is 5.91. The van der Waals surface area contributed by atoms with Gasteiger partial charge in [0, 0.05) is 23.3 Å². The number of pyridine rings is 1. The molecule has 3 nitrogen and oxygen atoms in total. The average molecular weight is 305 g/mol. The lowest BCUT2D eigenvalue weighted by Gasteiger charge is -2.12. The number of halogens is 1. The molecule has 4 heteroatoms. The zero-order valence-electron chi connectivity index (χ0n) is 12.7. The van der Waals surface area contributed by atoms with E-state index in [1.807, 2.05) is 37.3 Å². The summed E-state index contributed by atoms with van der Waals surface area (Å²) in [5.41, 5.74) is 2.04. The summed E-state index contributed by atoms with van der Waals surface area (Å²) < 4.78 is 5.89. The molecular weight excluding hydrogens is 284 g/mol. The number of rotatable bonds is 6. The lowest BCUT2D eigenvalue weighted by atomic mass is 10.2. The predicted molar refractivity (Wildman–Crippen MR) is 87.0 cm³/mol. The number of hydrogen-bond donors (Lipinski definition) is 1. The van der Waals surface area contributed by atoms with Crippen LogP contribution in [0.15, 0.2) is 36.5 Å². The van der Waals surface area contributed by atoms with E-state index in [1.54, 1.807) is 6.20 Å². The Morgan fingerprint density at radius 3 is 2.81 bits per heavy atom. The third-order valence-corrected chi connectivity index (χ3v) is 3.49. The molecule has 0 saturated heterocycles. The number of nitrogens with one attached hydrogen (secondary N) is 1. The molecule has 1 heterocycles. The molecule has 1 N–H and O–H groups in total. The van der Waals surface area contributed by atoms with Crippen LogP contribution >= 0.6 is 11.6 Å². The summed E-state index contributed by atoms with van der Waals surface area (Å²) >= 11 is 6.03. The monoisotopic (exact) mass is 304 g/mol. The van der Waals surface area contributed by atoms with Crippen LogP contribution in [-0.2, 0) is 6.54 Å². The largest absolute Gasteiger partial charge is 0.439 e. The smallest absolute Gasteiger partial charge is 0.223 e. The first-order valence-electron chi connectivity index (χ1n) is 7.15. The van der Waals surface area contributed by atoms with Gasteiger partial charge in [-0.1, -0.05) is 31.5 Å². The highest BCUT2D eigenvalue weighted by atomic mass is 35.5. The SMILES string of the molecule is Cc1cc(Oc2ncccc2CNCC(C)C)ccc1Cl. The van der Waals surface area contributed by atoms with E-state index >= 15 is 0 Å². The van der Waals surface area contributed by atoms with Crippen LogP contribution in [0.4, 0.5) is 0 Å². The normalized spacial score (nSPS) is 10.9. The van der Waals surface area contributed by atoms with E-state index in [9.17, 15) is 0 Å². The van der Waals surface area contributed by atoms with Crippen molar-refractivity contribution in [2.45, 2.75) is 27.3 Å². The molecule has 0 aliphatic carbocycles. The van der Waals surface area contributed by atoms with Gasteiger partial charge in [-0.3, -0.25) is 0 Å². The Labute approximate surface area is 131 Å². The van der Waals surface area contributed by atoms with E-state index in [2.05, 4.69) is 24.1 Å². The Kier molecular flexibility index (Phi) is 5.59. The zero-order chi connectivity index (χ0) is 15.2. The molecule has 112 valence electrons. The van der Waals surface area contributed by atoms with Crippen molar-refractivity contribution in [3.63, 3.8) is 0 Å². The third kappa shape index (κ3) is 4.73. The minimum atomic E-state index is 0.616. The quantitative estimate of drug-likeness (QED) is 0.848. The van der Waals surface area contributed by atoms with Crippen LogP contribution in [0.1, 0.15) is 25.0 Å². The standard InChI is InChI=1S/C17H21ClN2O/c1-12(2)10-19-11-14-5-4-8-20-17(14)21-15-6-7-16(18)13(3)9-15/h4-9,12,19H,10-11H2,1-3H3. The maximum atomic E-state index is 6.03. The topological polar surface area (TPSA) is 34.1 Å². The van der Waals surface area contributed by atoms with E-state index in [1.165, 1.54) is 0 Å². The second-order valence-electron chi connectivity index (χ2n) is 5.51. The van der Waals surface area contributed by atoms with Crippen molar-refractivity contribution >= 4 is 11.6 Å². The second kappa shape index (κ2) is 7.43. The fraction of sp³-hybridized carbons (Fsp3) is 0.353. The fourth-order valence-corrected chi connectivity index (χ4v) is 2.06. The van der Waals surface area contributed by atoms with Gasteiger partial charge in [0.05, 0.1) is 0 Å². The molecule has 0 saturated carbocycles. The Morgan fingerprint density at radius 1 is 1.29 bits per heavy atom. The number of hydrogen-bond acceptors (Lipinski definition) is 3. The van der Waals surface area contributed by atoms with E-state index < -0.39 is 0 Å². The molecule has 1 aromatic carbocycles. The molecule has 21 heavy (non-hydrogen) atoms. The molecule has 0 aliphatic heterocycles. The number of aromatic nitrogens is 1. The predicted octanol–water partition coefficient (Wildman–Crippen LogP) is 4.58. The first-order valence-corrected chi connectivity index (χ1v) is 7.52. The molecule has 2 rings (SSSR count). The number of aryl methyl sites for hydroxylation is 1. The molecule has 0 unspecified atom stereocenters. The van der Waals surface area contributed by atoms with Gasteiger partial charge in [0.2, 0.25) is 5.88 Å². The van der Waals surface area contributed by atoms with Gasteiger partial charge < -0.3 is 10.1 Å².